The number of aliphatic hydroxyl groups excluding tert-OH is 3. The van der Waals surface area contributed by atoms with Crippen molar-refractivity contribution in [3.63, 3.8) is 0 Å². The Morgan fingerprint density at radius 3 is 2.28 bits per heavy atom. The van der Waals surface area contributed by atoms with Crippen LogP contribution in [0.2, 0.25) is 0 Å². The number of benzene rings is 1. The number of hydrogen-bond acceptors (Lipinski definition) is 9. The molecule has 11 nitrogen and oxygen atoms in total. The van der Waals surface area contributed by atoms with Crippen LogP contribution in [0, 0.1) is 0 Å². The smallest absolute Gasteiger partial charge is 0.306 e. The summed E-state index contributed by atoms with van der Waals surface area (Å²) in [6.07, 6.45) is -8.11. The Morgan fingerprint density at radius 2 is 1.69 bits per heavy atom. The fourth-order valence-electron chi connectivity index (χ4n) is 2.56. The molecule has 0 aromatic heterocycles. The van der Waals surface area contributed by atoms with Crippen LogP contribution in [0.25, 0.3) is 0 Å². The van der Waals surface area contributed by atoms with Crippen molar-refractivity contribution in [2.75, 3.05) is 11.9 Å². The van der Waals surface area contributed by atoms with Crippen molar-refractivity contribution in [3.05, 3.63) is 24.3 Å². The monoisotopic (exact) mass is 413 g/mol. The Balaban J connectivity index is 1.96. The molecule has 1 aromatic rings. The number of carbonyl (C=O) groups excluding carboxylic acids is 2. The van der Waals surface area contributed by atoms with E-state index in [1.165, 1.54) is 19.1 Å². The molecule has 0 radical (unpaired) electrons. The molecule has 29 heavy (non-hydrogen) atoms. The number of esters is 1. The lowest BCUT2D eigenvalue weighted by Gasteiger charge is -2.39. The van der Waals surface area contributed by atoms with E-state index < -0.39 is 55.7 Å². The quantitative estimate of drug-likeness (QED) is 0.341. The van der Waals surface area contributed by atoms with Crippen molar-refractivity contribution < 1.29 is 49.0 Å². The molecule has 1 fully saturated rings. The molecule has 1 amide bonds. The van der Waals surface area contributed by atoms with Crippen molar-refractivity contribution in [3.8, 4) is 5.75 Å². The first-order valence-corrected chi connectivity index (χ1v) is 8.78. The van der Waals surface area contributed by atoms with Crippen LogP contribution in [0.4, 0.5) is 5.69 Å². The number of carboxylic acid groups (broad SMARTS) is 1. The molecule has 2 rings (SSSR count). The van der Waals surface area contributed by atoms with E-state index in [0.29, 0.717) is 5.69 Å². The number of carboxylic acids is 1. The summed E-state index contributed by atoms with van der Waals surface area (Å²) < 4.78 is 15.8. The van der Waals surface area contributed by atoms with Crippen molar-refractivity contribution in [1.29, 1.82) is 0 Å². The molecular weight excluding hydrogens is 390 g/mol. The molecule has 0 saturated carbocycles. The minimum atomic E-state index is -1.63. The van der Waals surface area contributed by atoms with Crippen molar-refractivity contribution in [1.82, 2.24) is 0 Å². The van der Waals surface area contributed by atoms with Crippen LogP contribution in [-0.4, -0.2) is 75.6 Å². The Labute approximate surface area is 165 Å². The average Bonchev–Trinajstić information content (AvgIpc) is 2.66. The van der Waals surface area contributed by atoms with Crippen LogP contribution >= 0.6 is 0 Å². The summed E-state index contributed by atoms with van der Waals surface area (Å²) in [5.41, 5.74) is 0.525. The van der Waals surface area contributed by atoms with Gasteiger partial charge in [0.2, 0.25) is 12.2 Å². The van der Waals surface area contributed by atoms with E-state index in [-0.39, 0.29) is 18.1 Å². The molecule has 0 bridgehead atoms. The summed E-state index contributed by atoms with van der Waals surface area (Å²) in [6.45, 7) is 0.892. The minimum Gasteiger partial charge on any atom is -0.481 e. The van der Waals surface area contributed by atoms with Gasteiger partial charge in [0.1, 0.15) is 36.8 Å². The van der Waals surface area contributed by atoms with Crippen LogP contribution < -0.4 is 10.1 Å². The molecule has 1 heterocycles. The van der Waals surface area contributed by atoms with Gasteiger partial charge in [-0.15, -0.1) is 0 Å². The number of carbonyl (C=O) groups is 3. The fraction of sp³-hybridized carbons (Fsp3) is 0.500. The maximum absolute atomic E-state index is 11.5. The Hall–Kier alpha value is -2.73. The Morgan fingerprint density at radius 1 is 1.03 bits per heavy atom. The SMILES string of the molecule is CC(=O)Nc1ccc(O[C@H]2OC(COC(=O)CCC(=O)O)[C@@H](O)[C@H](O)[C@@H]2O)cc1. The van der Waals surface area contributed by atoms with E-state index in [9.17, 15) is 29.7 Å². The molecule has 1 unspecified atom stereocenters. The minimum absolute atomic E-state index is 0.248. The van der Waals surface area contributed by atoms with E-state index in [2.05, 4.69) is 5.32 Å². The lowest BCUT2D eigenvalue weighted by atomic mass is 9.99. The zero-order valence-corrected chi connectivity index (χ0v) is 15.6. The van der Waals surface area contributed by atoms with E-state index in [1.54, 1.807) is 12.1 Å². The number of rotatable bonds is 8. The van der Waals surface area contributed by atoms with Gasteiger partial charge >= 0.3 is 11.9 Å². The highest BCUT2D eigenvalue weighted by atomic mass is 16.7. The van der Waals surface area contributed by atoms with Crippen LogP contribution in [0.15, 0.2) is 24.3 Å². The lowest BCUT2D eigenvalue weighted by molar-refractivity contribution is -0.278. The van der Waals surface area contributed by atoms with Gasteiger partial charge in [-0.3, -0.25) is 14.4 Å². The number of ether oxygens (including phenoxy) is 3. The highest BCUT2D eigenvalue weighted by Crippen LogP contribution is 2.25. The molecule has 5 atom stereocenters. The normalized spacial score (nSPS) is 26.4. The van der Waals surface area contributed by atoms with Crippen LogP contribution in [-0.2, 0) is 23.9 Å². The van der Waals surface area contributed by atoms with Crippen LogP contribution in [0.3, 0.4) is 0 Å². The van der Waals surface area contributed by atoms with E-state index in [4.69, 9.17) is 19.3 Å². The van der Waals surface area contributed by atoms with Gasteiger partial charge in [0.15, 0.2) is 0 Å². The molecule has 160 valence electrons. The van der Waals surface area contributed by atoms with Crippen LogP contribution in [0.5, 0.6) is 5.75 Å². The van der Waals surface area contributed by atoms with Crippen molar-refractivity contribution >= 4 is 23.5 Å². The standard InChI is InChI=1S/C18H23NO10/c1-9(20)19-10-2-4-11(5-3-10)28-18-17(26)16(25)15(24)12(29-18)8-27-14(23)7-6-13(21)22/h2-5,12,15-18,24-26H,6-8H2,1H3,(H,19,20)(H,21,22)/t12?,15-,16+,17+,18+/m1/s1. The molecule has 5 N–H and O–H groups in total. The second kappa shape index (κ2) is 10.2. The fourth-order valence-corrected chi connectivity index (χ4v) is 2.56. The van der Waals surface area contributed by atoms with Gasteiger partial charge in [-0.1, -0.05) is 0 Å². The maximum atomic E-state index is 11.5. The molecule has 0 aliphatic carbocycles. The highest BCUT2D eigenvalue weighted by Gasteiger charge is 2.45. The summed E-state index contributed by atoms with van der Waals surface area (Å²) >= 11 is 0. The second-order valence-corrected chi connectivity index (χ2v) is 6.41. The predicted molar refractivity (Wildman–Crippen MR) is 95.9 cm³/mol. The topological polar surface area (TPSA) is 172 Å². The zero-order chi connectivity index (χ0) is 21.6. The summed E-state index contributed by atoms with van der Waals surface area (Å²) in [5.74, 6) is -1.96. The summed E-state index contributed by atoms with van der Waals surface area (Å²) in [7, 11) is 0. The molecule has 1 aliphatic heterocycles. The summed E-state index contributed by atoms with van der Waals surface area (Å²) in [6, 6.07) is 6.11. The third kappa shape index (κ3) is 6.68. The average molecular weight is 413 g/mol. The molecule has 1 saturated heterocycles. The molecule has 11 heteroatoms. The number of anilines is 1. The van der Waals surface area contributed by atoms with Gasteiger partial charge in [-0.25, -0.2) is 0 Å². The van der Waals surface area contributed by atoms with Gasteiger partial charge in [-0.05, 0) is 24.3 Å². The number of aliphatic carboxylic acids is 1. The Bertz CT molecular complexity index is 722. The summed E-state index contributed by atoms with van der Waals surface area (Å²) in [5, 5.41) is 41.3. The third-order valence-corrected chi connectivity index (χ3v) is 4.05. The van der Waals surface area contributed by atoms with E-state index >= 15 is 0 Å². The Kier molecular flexibility index (Phi) is 7.91. The largest absolute Gasteiger partial charge is 0.481 e. The molecular formula is C18H23NO10. The number of aliphatic hydroxyl groups is 3. The van der Waals surface area contributed by atoms with Gasteiger partial charge < -0.3 is 40.0 Å². The van der Waals surface area contributed by atoms with Gasteiger partial charge in [0.25, 0.3) is 0 Å². The first-order chi connectivity index (χ1) is 13.7. The van der Waals surface area contributed by atoms with Crippen molar-refractivity contribution in [2.24, 2.45) is 0 Å². The van der Waals surface area contributed by atoms with E-state index in [0.717, 1.165) is 0 Å². The first-order valence-electron chi connectivity index (χ1n) is 8.78. The molecule has 0 spiro atoms. The highest BCUT2D eigenvalue weighted by molar-refractivity contribution is 5.88. The zero-order valence-electron chi connectivity index (χ0n) is 15.6. The molecule has 1 aromatic carbocycles. The summed E-state index contributed by atoms with van der Waals surface area (Å²) in [4.78, 5) is 33.0. The first kappa shape index (κ1) is 22.6. The van der Waals surface area contributed by atoms with Gasteiger partial charge in [0.05, 0.1) is 12.8 Å². The van der Waals surface area contributed by atoms with Crippen molar-refractivity contribution in [2.45, 2.75) is 50.5 Å². The maximum Gasteiger partial charge on any atom is 0.306 e. The van der Waals surface area contributed by atoms with Crippen LogP contribution in [0.1, 0.15) is 19.8 Å². The number of hydrogen-bond donors (Lipinski definition) is 5. The lowest BCUT2D eigenvalue weighted by Crippen LogP contribution is -2.60. The molecule has 1 aliphatic rings. The van der Waals surface area contributed by atoms with Gasteiger partial charge in [0, 0.05) is 12.6 Å². The second-order valence-electron chi connectivity index (χ2n) is 6.41. The van der Waals surface area contributed by atoms with Gasteiger partial charge in [-0.2, -0.15) is 0 Å². The number of amides is 1. The third-order valence-electron chi connectivity index (χ3n) is 4.05. The van der Waals surface area contributed by atoms with E-state index in [1.807, 2.05) is 0 Å². The number of nitrogens with one attached hydrogen (secondary N) is 1. The predicted octanol–water partition coefficient (Wildman–Crippen LogP) is -0.761.